The summed E-state index contributed by atoms with van der Waals surface area (Å²) in [4.78, 5) is 2.08. The van der Waals surface area contributed by atoms with Gasteiger partial charge in [-0.15, -0.1) is 0 Å². The molecule has 0 radical (unpaired) electrons. The van der Waals surface area contributed by atoms with Gasteiger partial charge in [0.25, 0.3) is 0 Å². The first kappa shape index (κ1) is 21.2. The maximum Gasteiger partial charge on any atom is 0.130 e. The number of hydrogen-bond donors (Lipinski definition) is 0. The van der Waals surface area contributed by atoms with Crippen LogP contribution in [0.3, 0.4) is 0 Å². The summed E-state index contributed by atoms with van der Waals surface area (Å²) in [5.41, 5.74) is 2.15. The minimum absolute atomic E-state index is 0.105. The van der Waals surface area contributed by atoms with Gasteiger partial charge in [-0.05, 0) is 60.8 Å². The lowest BCUT2D eigenvalue weighted by atomic mass is 10.1. The normalized spacial score (nSPS) is 11.6. The average Bonchev–Trinajstić information content (AvgIpc) is 3.11. The molecule has 0 N–H and O–H groups in total. The van der Waals surface area contributed by atoms with Crippen molar-refractivity contribution in [1.82, 2.24) is 9.47 Å². The maximum absolute atomic E-state index is 14.2. The summed E-state index contributed by atoms with van der Waals surface area (Å²) >= 11 is 0. The Morgan fingerprint density at radius 1 is 0.862 bits per heavy atom. The lowest BCUT2D eigenvalue weighted by Crippen LogP contribution is -2.27. The van der Waals surface area contributed by atoms with Gasteiger partial charge in [0.05, 0.1) is 0 Å². The van der Waals surface area contributed by atoms with Crippen LogP contribution in [-0.2, 0) is 19.6 Å². The van der Waals surface area contributed by atoms with Crippen LogP contribution in [0.15, 0.2) is 60.8 Å². The van der Waals surface area contributed by atoms with E-state index in [-0.39, 0.29) is 17.9 Å². The highest BCUT2D eigenvalue weighted by atomic mass is 19.1. The van der Waals surface area contributed by atoms with Crippen LogP contribution in [0.2, 0.25) is 0 Å². The van der Waals surface area contributed by atoms with E-state index in [4.69, 9.17) is 0 Å². The first-order valence-corrected chi connectivity index (χ1v) is 9.96. The third-order valence-corrected chi connectivity index (χ3v) is 5.04. The molecule has 2 nitrogen and oxygen atoms in total. The fourth-order valence-corrected chi connectivity index (χ4v) is 3.32. The number of aromatic nitrogens is 1. The second-order valence-corrected chi connectivity index (χ2v) is 7.85. The fourth-order valence-electron chi connectivity index (χ4n) is 3.32. The molecule has 0 fully saturated rings. The van der Waals surface area contributed by atoms with Crippen molar-refractivity contribution in [2.24, 2.45) is 5.92 Å². The Bertz CT molecular complexity index is 896. The lowest BCUT2D eigenvalue weighted by Gasteiger charge is -2.24. The van der Waals surface area contributed by atoms with E-state index in [0.29, 0.717) is 19.0 Å². The molecule has 3 rings (SSSR count). The smallest absolute Gasteiger partial charge is 0.130 e. The summed E-state index contributed by atoms with van der Waals surface area (Å²) in [6.45, 7) is 6.43. The Balaban J connectivity index is 1.77. The highest BCUT2D eigenvalue weighted by Gasteiger charge is 2.16. The minimum atomic E-state index is -0.513. The van der Waals surface area contributed by atoms with Crippen LogP contribution in [0.4, 0.5) is 13.2 Å². The predicted molar refractivity (Wildman–Crippen MR) is 110 cm³/mol. The minimum Gasteiger partial charge on any atom is -0.346 e. The van der Waals surface area contributed by atoms with Crippen molar-refractivity contribution in [3.63, 3.8) is 0 Å². The molecule has 1 aromatic heterocycles. The monoisotopic (exact) mass is 400 g/mol. The molecule has 154 valence electrons. The van der Waals surface area contributed by atoms with Gasteiger partial charge < -0.3 is 4.57 Å². The SMILES string of the molecule is CC(C)CCN(Cc1c(F)cccc1F)Cc1cccn1Cc1ccc(F)cc1. The Morgan fingerprint density at radius 2 is 1.55 bits per heavy atom. The molecule has 0 bridgehead atoms. The van der Waals surface area contributed by atoms with Crippen LogP contribution in [0, 0.1) is 23.4 Å². The zero-order valence-electron chi connectivity index (χ0n) is 16.9. The molecular formula is C24H27F3N2. The van der Waals surface area contributed by atoms with Crippen molar-refractivity contribution in [2.45, 2.75) is 39.9 Å². The van der Waals surface area contributed by atoms with Gasteiger partial charge in [0.1, 0.15) is 17.5 Å². The summed E-state index contributed by atoms with van der Waals surface area (Å²) in [5.74, 6) is -0.787. The van der Waals surface area contributed by atoms with Crippen LogP contribution in [0.5, 0.6) is 0 Å². The summed E-state index contributed by atoms with van der Waals surface area (Å²) in [6.07, 6.45) is 2.91. The van der Waals surface area contributed by atoms with Gasteiger partial charge in [0.15, 0.2) is 0 Å². The van der Waals surface area contributed by atoms with Gasteiger partial charge in [-0.3, -0.25) is 4.90 Å². The fraction of sp³-hybridized carbons (Fsp3) is 0.333. The Labute approximate surface area is 170 Å². The first-order chi connectivity index (χ1) is 13.9. The molecule has 0 spiro atoms. The van der Waals surface area contributed by atoms with Crippen LogP contribution in [0.25, 0.3) is 0 Å². The standard InChI is InChI=1S/C24H27F3N2/c1-18(2)12-14-28(17-22-23(26)6-3-7-24(22)27)16-21-5-4-13-29(21)15-19-8-10-20(25)11-9-19/h3-11,13,18H,12,14-17H2,1-2H3. The topological polar surface area (TPSA) is 8.17 Å². The molecule has 29 heavy (non-hydrogen) atoms. The number of rotatable bonds is 9. The van der Waals surface area contributed by atoms with Crippen molar-refractivity contribution in [3.05, 3.63) is 95.1 Å². The van der Waals surface area contributed by atoms with E-state index in [1.165, 1.54) is 30.3 Å². The molecule has 0 aliphatic heterocycles. The third-order valence-electron chi connectivity index (χ3n) is 5.04. The molecule has 0 saturated heterocycles. The van der Waals surface area contributed by atoms with E-state index >= 15 is 0 Å². The zero-order chi connectivity index (χ0) is 20.8. The highest BCUT2D eigenvalue weighted by Crippen LogP contribution is 2.19. The molecule has 0 unspecified atom stereocenters. The Morgan fingerprint density at radius 3 is 2.21 bits per heavy atom. The van der Waals surface area contributed by atoms with Gasteiger partial charge in [0.2, 0.25) is 0 Å². The van der Waals surface area contributed by atoms with Gasteiger partial charge in [-0.25, -0.2) is 13.2 Å². The van der Waals surface area contributed by atoms with Gasteiger partial charge in [0, 0.05) is 37.1 Å². The van der Waals surface area contributed by atoms with E-state index in [2.05, 4.69) is 23.3 Å². The van der Waals surface area contributed by atoms with Gasteiger partial charge in [-0.1, -0.05) is 32.0 Å². The van der Waals surface area contributed by atoms with Crippen LogP contribution < -0.4 is 0 Å². The van der Waals surface area contributed by atoms with E-state index in [1.54, 1.807) is 12.1 Å². The lowest BCUT2D eigenvalue weighted by molar-refractivity contribution is 0.229. The van der Waals surface area contributed by atoms with Crippen LogP contribution >= 0.6 is 0 Å². The highest BCUT2D eigenvalue weighted by molar-refractivity contribution is 5.21. The Hall–Kier alpha value is -2.53. The zero-order valence-corrected chi connectivity index (χ0v) is 16.9. The molecule has 0 saturated carbocycles. The molecule has 1 heterocycles. The van der Waals surface area contributed by atoms with Crippen molar-refractivity contribution in [3.8, 4) is 0 Å². The second kappa shape index (κ2) is 9.79. The quantitative estimate of drug-likeness (QED) is 0.428. The number of benzene rings is 2. The predicted octanol–water partition coefficient (Wildman–Crippen LogP) is 6.00. The molecule has 2 aromatic carbocycles. The van der Waals surface area contributed by atoms with Gasteiger partial charge in [-0.2, -0.15) is 0 Å². The largest absolute Gasteiger partial charge is 0.346 e. The van der Waals surface area contributed by atoms with Crippen molar-refractivity contribution in [2.75, 3.05) is 6.54 Å². The molecule has 0 amide bonds. The van der Waals surface area contributed by atoms with E-state index in [1.807, 2.05) is 18.3 Å². The number of nitrogens with zero attached hydrogens (tertiary/aromatic N) is 2. The third kappa shape index (κ3) is 5.97. The maximum atomic E-state index is 14.2. The second-order valence-electron chi connectivity index (χ2n) is 7.85. The summed E-state index contributed by atoms with van der Waals surface area (Å²) < 4.78 is 43.6. The van der Waals surface area contributed by atoms with Crippen LogP contribution in [-0.4, -0.2) is 16.0 Å². The van der Waals surface area contributed by atoms with Crippen LogP contribution in [0.1, 0.15) is 37.1 Å². The first-order valence-electron chi connectivity index (χ1n) is 9.96. The summed E-state index contributed by atoms with van der Waals surface area (Å²) in [5, 5.41) is 0. The number of hydrogen-bond acceptors (Lipinski definition) is 1. The number of halogens is 3. The molecule has 0 aliphatic rings. The van der Waals surface area contributed by atoms with Gasteiger partial charge >= 0.3 is 0 Å². The molecule has 0 aliphatic carbocycles. The van der Waals surface area contributed by atoms with Crippen molar-refractivity contribution >= 4 is 0 Å². The van der Waals surface area contributed by atoms with Crippen molar-refractivity contribution < 1.29 is 13.2 Å². The summed E-state index contributed by atoms with van der Waals surface area (Å²) in [7, 11) is 0. The molecular weight excluding hydrogens is 373 g/mol. The van der Waals surface area contributed by atoms with E-state index < -0.39 is 11.6 Å². The van der Waals surface area contributed by atoms with Crippen molar-refractivity contribution in [1.29, 1.82) is 0 Å². The molecule has 5 heteroatoms. The average molecular weight is 400 g/mol. The van der Waals surface area contributed by atoms with E-state index in [9.17, 15) is 13.2 Å². The molecule has 0 atom stereocenters. The molecule has 3 aromatic rings. The van der Waals surface area contributed by atoms with E-state index in [0.717, 1.165) is 24.2 Å². The Kier molecular flexibility index (Phi) is 7.15. The summed E-state index contributed by atoms with van der Waals surface area (Å²) in [6, 6.07) is 14.4.